The van der Waals surface area contributed by atoms with Crippen LogP contribution in [0.4, 0.5) is 23.2 Å². The van der Waals surface area contributed by atoms with E-state index in [2.05, 4.69) is 5.32 Å². The van der Waals surface area contributed by atoms with Crippen LogP contribution >= 0.6 is 0 Å². The Labute approximate surface area is 119 Å². The second-order valence-corrected chi connectivity index (χ2v) is 4.47. The summed E-state index contributed by atoms with van der Waals surface area (Å²) in [6, 6.07) is 9.96. The van der Waals surface area contributed by atoms with Gasteiger partial charge in [0.15, 0.2) is 0 Å². The number of halogens is 4. The normalized spacial score (nSPS) is 13.0. The van der Waals surface area contributed by atoms with E-state index in [4.69, 9.17) is 0 Å². The van der Waals surface area contributed by atoms with E-state index < -0.39 is 30.2 Å². The van der Waals surface area contributed by atoms with Crippen LogP contribution < -0.4 is 5.32 Å². The molecule has 0 aliphatic carbocycles. The summed E-state index contributed by atoms with van der Waals surface area (Å²) in [5.41, 5.74) is -0.728. The Bertz CT molecular complexity index is 598. The monoisotopic (exact) mass is 299 g/mol. The minimum Gasteiger partial charge on any atom is -0.394 e. The predicted octanol–water partition coefficient (Wildman–Crippen LogP) is 3.99. The van der Waals surface area contributed by atoms with Gasteiger partial charge in [-0.3, -0.25) is 0 Å². The summed E-state index contributed by atoms with van der Waals surface area (Å²) in [4.78, 5) is 0. The molecule has 6 heteroatoms. The third-order valence-electron chi connectivity index (χ3n) is 2.99. The van der Waals surface area contributed by atoms with Gasteiger partial charge in [-0.05, 0) is 29.8 Å². The standard InChI is InChI=1S/C15H13F4NO/c16-10-6-7-12(13(8-10)15(17,18)19)14(9-21)20-11-4-2-1-3-5-11/h1-8,14,20-21H,9H2. The van der Waals surface area contributed by atoms with Crippen molar-refractivity contribution in [3.05, 3.63) is 65.5 Å². The smallest absolute Gasteiger partial charge is 0.394 e. The third kappa shape index (κ3) is 3.72. The maximum atomic E-state index is 13.1. The molecule has 0 aliphatic rings. The topological polar surface area (TPSA) is 32.3 Å². The number of nitrogens with one attached hydrogen (secondary N) is 1. The zero-order valence-corrected chi connectivity index (χ0v) is 10.9. The Balaban J connectivity index is 2.38. The minimum atomic E-state index is -4.69. The number of hydrogen-bond acceptors (Lipinski definition) is 2. The van der Waals surface area contributed by atoms with Crippen LogP contribution in [0.3, 0.4) is 0 Å². The van der Waals surface area contributed by atoms with Gasteiger partial charge >= 0.3 is 6.18 Å². The molecule has 2 N–H and O–H groups in total. The Morgan fingerprint density at radius 1 is 1.05 bits per heavy atom. The first-order valence-electron chi connectivity index (χ1n) is 6.21. The van der Waals surface area contributed by atoms with Crippen molar-refractivity contribution in [3.63, 3.8) is 0 Å². The molecule has 0 aliphatic heterocycles. The first kappa shape index (κ1) is 15.3. The van der Waals surface area contributed by atoms with Gasteiger partial charge in [0.05, 0.1) is 18.2 Å². The molecule has 0 radical (unpaired) electrons. The molecule has 0 fully saturated rings. The quantitative estimate of drug-likeness (QED) is 0.837. The van der Waals surface area contributed by atoms with Crippen molar-refractivity contribution in [2.75, 3.05) is 11.9 Å². The highest BCUT2D eigenvalue weighted by Crippen LogP contribution is 2.36. The van der Waals surface area contributed by atoms with Crippen molar-refractivity contribution in [2.45, 2.75) is 12.2 Å². The first-order chi connectivity index (χ1) is 9.91. The zero-order chi connectivity index (χ0) is 15.5. The highest BCUT2D eigenvalue weighted by atomic mass is 19.4. The van der Waals surface area contributed by atoms with E-state index in [1.165, 1.54) is 0 Å². The summed E-state index contributed by atoms with van der Waals surface area (Å²) >= 11 is 0. The van der Waals surface area contributed by atoms with Crippen LogP contribution in [0.15, 0.2) is 48.5 Å². The number of aliphatic hydroxyl groups is 1. The molecule has 2 aromatic rings. The molecular formula is C15H13F4NO. The van der Waals surface area contributed by atoms with Gasteiger partial charge in [0.2, 0.25) is 0 Å². The minimum absolute atomic E-state index is 0.199. The molecule has 0 aromatic heterocycles. The van der Waals surface area contributed by atoms with Gasteiger partial charge in [0.1, 0.15) is 5.82 Å². The van der Waals surface area contributed by atoms with E-state index in [0.717, 1.165) is 12.1 Å². The van der Waals surface area contributed by atoms with Crippen molar-refractivity contribution in [2.24, 2.45) is 0 Å². The SMILES string of the molecule is OCC(Nc1ccccc1)c1ccc(F)cc1C(F)(F)F. The Morgan fingerprint density at radius 2 is 1.71 bits per heavy atom. The molecule has 0 bridgehead atoms. The van der Waals surface area contributed by atoms with Crippen molar-refractivity contribution < 1.29 is 22.7 Å². The number of para-hydroxylation sites is 1. The summed E-state index contributed by atoms with van der Waals surface area (Å²) < 4.78 is 52.1. The average molecular weight is 299 g/mol. The fraction of sp³-hybridized carbons (Fsp3) is 0.200. The lowest BCUT2D eigenvalue weighted by molar-refractivity contribution is -0.138. The fourth-order valence-corrected chi connectivity index (χ4v) is 2.04. The van der Waals surface area contributed by atoms with Crippen molar-refractivity contribution >= 4 is 5.69 Å². The maximum Gasteiger partial charge on any atom is 0.416 e. The van der Waals surface area contributed by atoms with Gasteiger partial charge in [-0.15, -0.1) is 0 Å². The number of anilines is 1. The highest BCUT2D eigenvalue weighted by molar-refractivity contribution is 5.47. The van der Waals surface area contributed by atoms with Gasteiger partial charge in [-0.2, -0.15) is 13.2 Å². The summed E-state index contributed by atoms with van der Waals surface area (Å²) in [6.07, 6.45) is -4.69. The zero-order valence-electron chi connectivity index (χ0n) is 10.9. The second-order valence-electron chi connectivity index (χ2n) is 4.47. The largest absolute Gasteiger partial charge is 0.416 e. The van der Waals surface area contributed by atoms with E-state index in [1.807, 2.05) is 0 Å². The lowest BCUT2D eigenvalue weighted by Crippen LogP contribution is -2.20. The molecule has 0 spiro atoms. The molecule has 0 amide bonds. The maximum absolute atomic E-state index is 13.1. The summed E-state index contributed by atoms with van der Waals surface area (Å²) in [6.45, 7) is -0.552. The molecule has 2 rings (SSSR count). The summed E-state index contributed by atoms with van der Waals surface area (Å²) in [5.74, 6) is -0.970. The fourth-order valence-electron chi connectivity index (χ4n) is 2.04. The molecule has 0 heterocycles. The van der Waals surface area contributed by atoms with Gasteiger partial charge in [0.25, 0.3) is 0 Å². The van der Waals surface area contributed by atoms with Crippen LogP contribution in [0.5, 0.6) is 0 Å². The van der Waals surface area contributed by atoms with Gasteiger partial charge in [-0.25, -0.2) is 4.39 Å². The molecule has 2 nitrogen and oxygen atoms in total. The van der Waals surface area contributed by atoms with E-state index in [0.29, 0.717) is 11.8 Å². The van der Waals surface area contributed by atoms with Crippen LogP contribution in [-0.4, -0.2) is 11.7 Å². The highest BCUT2D eigenvalue weighted by Gasteiger charge is 2.35. The van der Waals surface area contributed by atoms with Gasteiger partial charge in [-0.1, -0.05) is 24.3 Å². The van der Waals surface area contributed by atoms with Gasteiger partial charge in [0, 0.05) is 5.69 Å². The molecular weight excluding hydrogens is 286 g/mol. The third-order valence-corrected chi connectivity index (χ3v) is 2.99. The summed E-state index contributed by atoms with van der Waals surface area (Å²) in [7, 11) is 0. The average Bonchev–Trinajstić information content (AvgIpc) is 2.45. The molecule has 2 aromatic carbocycles. The van der Waals surface area contributed by atoms with Crippen molar-refractivity contribution in [1.29, 1.82) is 0 Å². The van der Waals surface area contributed by atoms with Crippen LogP contribution in [-0.2, 0) is 6.18 Å². The van der Waals surface area contributed by atoms with E-state index >= 15 is 0 Å². The van der Waals surface area contributed by atoms with E-state index in [1.54, 1.807) is 30.3 Å². The predicted molar refractivity (Wildman–Crippen MR) is 71.3 cm³/mol. The lowest BCUT2D eigenvalue weighted by atomic mass is 9.99. The molecule has 21 heavy (non-hydrogen) atoms. The van der Waals surface area contributed by atoms with Crippen LogP contribution in [0, 0.1) is 5.82 Å². The van der Waals surface area contributed by atoms with E-state index in [9.17, 15) is 22.7 Å². The van der Waals surface area contributed by atoms with E-state index in [-0.39, 0.29) is 5.56 Å². The number of aliphatic hydroxyl groups excluding tert-OH is 1. The molecule has 112 valence electrons. The lowest BCUT2D eigenvalue weighted by Gasteiger charge is -2.22. The van der Waals surface area contributed by atoms with Crippen LogP contribution in [0.1, 0.15) is 17.2 Å². The molecule has 0 saturated heterocycles. The summed E-state index contributed by atoms with van der Waals surface area (Å²) in [5, 5.41) is 12.2. The number of hydrogen-bond donors (Lipinski definition) is 2. The molecule has 1 atom stereocenters. The number of benzene rings is 2. The van der Waals surface area contributed by atoms with Crippen molar-refractivity contribution in [1.82, 2.24) is 0 Å². The van der Waals surface area contributed by atoms with Crippen LogP contribution in [0.2, 0.25) is 0 Å². The van der Waals surface area contributed by atoms with Crippen LogP contribution in [0.25, 0.3) is 0 Å². The Hall–Kier alpha value is -2.08. The second kappa shape index (κ2) is 6.13. The molecule has 0 saturated carbocycles. The first-order valence-corrected chi connectivity index (χ1v) is 6.21. The number of rotatable bonds is 4. The Morgan fingerprint density at radius 3 is 2.29 bits per heavy atom. The van der Waals surface area contributed by atoms with Crippen molar-refractivity contribution in [3.8, 4) is 0 Å². The number of alkyl halides is 3. The Kier molecular flexibility index (Phi) is 4.47. The molecule has 1 unspecified atom stereocenters. The van der Waals surface area contributed by atoms with Gasteiger partial charge < -0.3 is 10.4 Å².